The van der Waals surface area contributed by atoms with Crippen LogP contribution < -0.4 is 10.6 Å². The van der Waals surface area contributed by atoms with E-state index in [2.05, 4.69) is 25.7 Å². The fraction of sp³-hybridized carbons (Fsp3) is 0.353. The highest BCUT2D eigenvalue weighted by molar-refractivity contribution is 7.13. The second-order valence-electron chi connectivity index (χ2n) is 6.32. The highest BCUT2D eigenvalue weighted by Gasteiger charge is 2.13. The average molecular weight is 372 g/mol. The third-order valence-corrected chi connectivity index (χ3v) is 4.60. The maximum absolute atomic E-state index is 12.3. The summed E-state index contributed by atoms with van der Waals surface area (Å²) >= 11 is 1.30. The van der Waals surface area contributed by atoms with Gasteiger partial charge < -0.3 is 10.6 Å². The van der Waals surface area contributed by atoms with E-state index >= 15 is 0 Å². The molecule has 0 aliphatic carbocycles. The molecule has 2 amide bonds. The number of rotatable bonds is 5. The first-order valence-electron chi connectivity index (χ1n) is 8.18. The lowest BCUT2D eigenvalue weighted by molar-refractivity contribution is -0.119. The Morgan fingerprint density at radius 2 is 2.08 bits per heavy atom. The van der Waals surface area contributed by atoms with Gasteiger partial charge in [0.2, 0.25) is 11.8 Å². The van der Waals surface area contributed by atoms with E-state index in [9.17, 15) is 9.59 Å². The molecule has 0 saturated heterocycles. The van der Waals surface area contributed by atoms with Crippen molar-refractivity contribution in [3.63, 3.8) is 0 Å². The van der Waals surface area contributed by atoms with Crippen molar-refractivity contribution >= 4 is 45.0 Å². The Kier molecular flexibility index (Phi) is 4.99. The van der Waals surface area contributed by atoms with Crippen molar-refractivity contribution in [2.24, 2.45) is 13.0 Å². The summed E-state index contributed by atoms with van der Waals surface area (Å²) < 4.78 is 1.71. The minimum absolute atomic E-state index is 0.0958. The molecule has 2 N–H and O–H groups in total. The minimum atomic E-state index is -0.195. The predicted molar refractivity (Wildman–Crippen MR) is 101 cm³/mol. The maximum Gasteiger partial charge on any atom is 0.230 e. The number of anilines is 2. The lowest BCUT2D eigenvalue weighted by atomic mass is 10.2. The molecular formula is C17H20N6O2S. The van der Waals surface area contributed by atoms with E-state index in [1.165, 1.54) is 11.3 Å². The molecule has 0 aliphatic rings. The predicted octanol–water partition coefficient (Wildman–Crippen LogP) is 2.51. The number of nitrogens with zero attached hydrogens (tertiary/aromatic N) is 4. The number of pyridine rings is 1. The Balaban J connectivity index is 1.65. The molecule has 0 aromatic carbocycles. The summed E-state index contributed by atoms with van der Waals surface area (Å²) in [4.78, 5) is 32.6. The zero-order chi connectivity index (χ0) is 18.8. The molecule has 0 saturated carbocycles. The van der Waals surface area contributed by atoms with E-state index in [1.807, 2.05) is 33.9 Å². The normalized spacial score (nSPS) is 11.1. The van der Waals surface area contributed by atoms with Crippen LogP contribution in [0.2, 0.25) is 0 Å². The number of hydrogen-bond acceptors (Lipinski definition) is 6. The molecule has 0 unspecified atom stereocenters. The van der Waals surface area contributed by atoms with E-state index in [1.54, 1.807) is 16.3 Å². The summed E-state index contributed by atoms with van der Waals surface area (Å²) in [5.41, 5.74) is 2.85. The van der Waals surface area contributed by atoms with Crippen molar-refractivity contribution in [1.29, 1.82) is 0 Å². The van der Waals surface area contributed by atoms with Gasteiger partial charge in [0.1, 0.15) is 0 Å². The van der Waals surface area contributed by atoms with Gasteiger partial charge in [0.05, 0.1) is 29.7 Å². The summed E-state index contributed by atoms with van der Waals surface area (Å²) in [6, 6.07) is 1.86. The van der Waals surface area contributed by atoms with Crippen LogP contribution in [0.5, 0.6) is 0 Å². The Labute approximate surface area is 154 Å². The van der Waals surface area contributed by atoms with Gasteiger partial charge in [-0.2, -0.15) is 5.10 Å². The monoisotopic (exact) mass is 372 g/mol. The summed E-state index contributed by atoms with van der Waals surface area (Å²) in [7, 11) is 1.83. The zero-order valence-corrected chi connectivity index (χ0v) is 15.8. The van der Waals surface area contributed by atoms with Crippen LogP contribution >= 0.6 is 11.3 Å². The summed E-state index contributed by atoms with van der Waals surface area (Å²) in [6.07, 6.45) is 1.73. The molecule has 3 heterocycles. The van der Waals surface area contributed by atoms with Gasteiger partial charge in [-0.1, -0.05) is 13.8 Å². The number of aromatic nitrogens is 4. The summed E-state index contributed by atoms with van der Waals surface area (Å²) in [5.74, 6) is -0.412. The number of fused-ring (bicyclic) bond motifs is 1. The van der Waals surface area contributed by atoms with Crippen LogP contribution in [-0.2, 0) is 23.1 Å². The number of carbonyl (C=O) groups is 2. The molecular weight excluding hydrogens is 352 g/mol. The molecule has 3 rings (SSSR count). The first-order valence-corrected chi connectivity index (χ1v) is 9.06. The van der Waals surface area contributed by atoms with Crippen LogP contribution in [0.25, 0.3) is 11.0 Å². The molecule has 0 radical (unpaired) electrons. The van der Waals surface area contributed by atoms with Crippen LogP contribution in [0.4, 0.5) is 10.8 Å². The Morgan fingerprint density at radius 3 is 2.81 bits per heavy atom. The van der Waals surface area contributed by atoms with Crippen molar-refractivity contribution in [3.05, 3.63) is 29.0 Å². The standard InChI is InChI=1S/C17H20N6O2S/c1-9(2)16(25)21-17-20-12(8-26-17)6-14(24)19-11-5-13-10(3)22-23(4)15(13)18-7-11/h5,7-9H,6H2,1-4H3,(H,19,24)(H,20,21,25). The second-order valence-corrected chi connectivity index (χ2v) is 7.18. The van der Waals surface area contributed by atoms with Gasteiger partial charge in [-0.3, -0.25) is 14.3 Å². The van der Waals surface area contributed by atoms with E-state index in [0.29, 0.717) is 16.5 Å². The average Bonchev–Trinajstić information content (AvgIpc) is 3.11. The molecule has 26 heavy (non-hydrogen) atoms. The van der Waals surface area contributed by atoms with Crippen LogP contribution in [0.15, 0.2) is 17.6 Å². The summed E-state index contributed by atoms with van der Waals surface area (Å²) in [6.45, 7) is 5.52. The number of hydrogen-bond donors (Lipinski definition) is 2. The van der Waals surface area contributed by atoms with Gasteiger partial charge >= 0.3 is 0 Å². The van der Waals surface area contributed by atoms with Crippen LogP contribution in [-0.4, -0.2) is 31.6 Å². The molecule has 0 spiro atoms. The van der Waals surface area contributed by atoms with Crippen molar-refractivity contribution < 1.29 is 9.59 Å². The van der Waals surface area contributed by atoms with E-state index in [-0.39, 0.29) is 24.2 Å². The second kappa shape index (κ2) is 7.20. The first kappa shape index (κ1) is 18.0. The minimum Gasteiger partial charge on any atom is -0.324 e. The lowest BCUT2D eigenvalue weighted by Gasteiger charge is -2.05. The molecule has 0 bridgehead atoms. The molecule has 3 aromatic rings. The van der Waals surface area contributed by atoms with Crippen molar-refractivity contribution in [1.82, 2.24) is 19.7 Å². The fourth-order valence-corrected chi connectivity index (χ4v) is 3.15. The zero-order valence-electron chi connectivity index (χ0n) is 15.0. The van der Waals surface area contributed by atoms with E-state index in [4.69, 9.17) is 0 Å². The molecule has 8 nitrogen and oxygen atoms in total. The number of aryl methyl sites for hydroxylation is 2. The van der Waals surface area contributed by atoms with E-state index < -0.39 is 0 Å². The number of amides is 2. The Bertz CT molecular complexity index is 975. The van der Waals surface area contributed by atoms with Gasteiger partial charge in [-0.15, -0.1) is 11.3 Å². The van der Waals surface area contributed by atoms with Crippen molar-refractivity contribution in [2.45, 2.75) is 27.2 Å². The first-order chi connectivity index (χ1) is 12.3. The quantitative estimate of drug-likeness (QED) is 0.716. The smallest absolute Gasteiger partial charge is 0.230 e. The third kappa shape index (κ3) is 3.88. The summed E-state index contributed by atoms with van der Waals surface area (Å²) in [5, 5.41) is 13.0. The van der Waals surface area contributed by atoms with Gasteiger partial charge in [-0.05, 0) is 13.0 Å². The number of carbonyl (C=O) groups excluding carboxylic acids is 2. The van der Waals surface area contributed by atoms with Crippen LogP contribution in [0, 0.1) is 12.8 Å². The molecule has 0 fully saturated rings. The lowest BCUT2D eigenvalue weighted by Crippen LogP contribution is -2.18. The largest absolute Gasteiger partial charge is 0.324 e. The fourth-order valence-electron chi connectivity index (χ4n) is 2.44. The number of nitrogens with one attached hydrogen (secondary N) is 2. The van der Waals surface area contributed by atoms with Crippen LogP contribution in [0.1, 0.15) is 25.2 Å². The Hall–Kier alpha value is -2.81. The molecule has 3 aromatic heterocycles. The molecule has 9 heteroatoms. The molecule has 0 atom stereocenters. The van der Waals surface area contributed by atoms with Gasteiger partial charge in [0.15, 0.2) is 10.8 Å². The topological polar surface area (TPSA) is 102 Å². The van der Waals surface area contributed by atoms with Crippen molar-refractivity contribution in [2.75, 3.05) is 10.6 Å². The maximum atomic E-state index is 12.3. The third-order valence-electron chi connectivity index (χ3n) is 3.79. The van der Waals surface area contributed by atoms with Gasteiger partial charge in [0.25, 0.3) is 0 Å². The van der Waals surface area contributed by atoms with Gasteiger partial charge in [-0.25, -0.2) is 9.97 Å². The van der Waals surface area contributed by atoms with Crippen LogP contribution in [0.3, 0.4) is 0 Å². The molecule has 0 aliphatic heterocycles. The van der Waals surface area contributed by atoms with Gasteiger partial charge in [0, 0.05) is 23.7 Å². The number of thiazole rings is 1. The van der Waals surface area contributed by atoms with Crippen molar-refractivity contribution in [3.8, 4) is 0 Å². The highest BCUT2D eigenvalue weighted by Crippen LogP contribution is 2.20. The Morgan fingerprint density at radius 1 is 1.31 bits per heavy atom. The highest BCUT2D eigenvalue weighted by atomic mass is 32.1. The molecule has 136 valence electrons. The van der Waals surface area contributed by atoms with E-state index in [0.717, 1.165) is 16.7 Å². The SMILES string of the molecule is Cc1nn(C)c2ncc(NC(=O)Cc3csc(NC(=O)C(C)C)n3)cc12.